The average Bonchev–Trinajstić information content (AvgIpc) is 2.95. The highest BCUT2D eigenvalue weighted by Crippen LogP contribution is 2.37. The van der Waals surface area contributed by atoms with E-state index in [9.17, 15) is 31.2 Å². The van der Waals surface area contributed by atoms with Crippen molar-refractivity contribution >= 4 is 61.5 Å². The summed E-state index contributed by atoms with van der Waals surface area (Å²) in [5, 5.41) is 6.30. The van der Waals surface area contributed by atoms with Crippen LogP contribution in [0.3, 0.4) is 0 Å². The number of anilines is 3. The molecule has 4 aromatic rings. The average molecular weight is 666 g/mol. The first-order valence-electron chi connectivity index (χ1n) is 13.1. The molecule has 0 aliphatic heterocycles. The Labute approximate surface area is 260 Å². The van der Waals surface area contributed by atoms with Crippen molar-refractivity contribution < 1.29 is 40.7 Å². The Hall–Kier alpha value is -4.76. The number of carbonyl (C=O) groups excluding carboxylic acids is 2. The van der Waals surface area contributed by atoms with Crippen LogP contribution >= 0.6 is 11.6 Å². The number of pyridine rings is 1. The van der Waals surface area contributed by atoms with E-state index in [1.807, 2.05) is 0 Å². The summed E-state index contributed by atoms with van der Waals surface area (Å²) in [7, 11) is -3.62. The molecule has 16 heteroatoms. The Kier molecular flexibility index (Phi) is 9.63. The predicted octanol–water partition coefficient (Wildman–Crippen LogP) is 4.93. The molecule has 238 valence electrons. The van der Waals surface area contributed by atoms with Crippen molar-refractivity contribution in [1.82, 2.24) is 10.3 Å². The van der Waals surface area contributed by atoms with E-state index in [-0.39, 0.29) is 46.7 Å². The summed E-state index contributed by atoms with van der Waals surface area (Å²) in [6.07, 6.45) is -3.11. The fourth-order valence-corrected chi connectivity index (χ4v) is 5.05. The number of aromatic nitrogens is 1. The van der Waals surface area contributed by atoms with E-state index >= 15 is 0 Å². The number of amides is 1. The number of rotatable bonds is 11. The highest BCUT2D eigenvalue weighted by Gasteiger charge is 2.52. The molecule has 0 bridgehead atoms. The predicted molar refractivity (Wildman–Crippen MR) is 163 cm³/mol. The maximum atomic E-state index is 14.1. The lowest BCUT2D eigenvalue weighted by Crippen LogP contribution is -2.54. The van der Waals surface area contributed by atoms with Gasteiger partial charge in [0.1, 0.15) is 11.6 Å². The largest absolute Gasteiger partial charge is 0.492 e. The molecule has 0 spiro atoms. The first kappa shape index (κ1) is 33.1. The minimum atomic E-state index is -5.49. The number of ether oxygens (including phenoxy) is 2. The maximum Gasteiger partial charge on any atom is 0.491 e. The number of carbonyl (C=O) groups is 2. The van der Waals surface area contributed by atoms with Crippen LogP contribution in [0.1, 0.15) is 18.1 Å². The molecule has 1 amide bonds. The topological polar surface area (TPSA) is 162 Å². The van der Waals surface area contributed by atoms with Crippen molar-refractivity contribution in [3.63, 3.8) is 0 Å². The van der Waals surface area contributed by atoms with Gasteiger partial charge < -0.3 is 25.8 Å². The summed E-state index contributed by atoms with van der Waals surface area (Å²) in [4.78, 5) is 30.5. The SMILES string of the molecule is CCOc1cc(C(Nc2ccc3c(N)nccc3c2)(OC(=O)C(F)(F)F)C(=O)NCc2cccc(NS(C)(=O)=O)c2)ccc1Cl. The van der Waals surface area contributed by atoms with Crippen LogP contribution in [0.2, 0.25) is 5.02 Å². The Bertz CT molecular complexity index is 1860. The minimum Gasteiger partial charge on any atom is -0.492 e. The third-order valence-corrected chi connectivity index (χ3v) is 7.15. The van der Waals surface area contributed by atoms with Gasteiger partial charge in [0.25, 0.3) is 11.6 Å². The zero-order valence-electron chi connectivity index (χ0n) is 23.7. The number of benzene rings is 3. The van der Waals surface area contributed by atoms with Gasteiger partial charge in [0.2, 0.25) is 10.0 Å². The van der Waals surface area contributed by atoms with Crippen LogP contribution in [0, 0.1) is 0 Å². The molecule has 45 heavy (non-hydrogen) atoms. The van der Waals surface area contributed by atoms with E-state index in [1.54, 1.807) is 19.1 Å². The summed E-state index contributed by atoms with van der Waals surface area (Å²) >= 11 is 6.22. The molecule has 0 saturated carbocycles. The Morgan fingerprint density at radius 2 is 1.78 bits per heavy atom. The van der Waals surface area contributed by atoms with Crippen molar-refractivity contribution in [1.29, 1.82) is 0 Å². The van der Waals surface area contributed by atoms with E-state index in [0.717, 1.165) is 6.26 Å². The number of fused-ring (bicyclic) bond motifs is 1. The van der Waals surface area contributed by atoms with Crippen LogP contribution in [-0.2, 0) is 36.6 Å². The summed E-state index contributed by atoms with van der Waals surface area (Å²) in [5.41, 5.74) is 3.46. The van der Waals surface area contributed by atoms with Crippen LogP contribution in [-0.4, -0.2) is 44.3 Å². The summed E-state index contributed by atoms with van der Waals surface area (Å²) in [6, 6.07) is 15.6. The molecular weight excluding hydrogens is 639 g/mol. The lowest BCUT2D eigenvalue weighted by molar-refractivity contribution is -0.213. The van der Waals surface area contributed by atoms with Crippen molar-refractivity contribution in [2.75, 3.05) is 28.6 Å². The molecular formula is C29H27ClF3N5O6S. The summed E-state index contributed by atoms with van der Waals surface area (Å²) in [5.74, 6) is -3.67. The fourth-order valence-electron chi connectivity index (χ4n) is 4.32. The van der Waals surface area contributed by atoms with Crippen LogP contribution in [0.4, 0.5) is 30.4 Å². The molecule has 4 rings (SSSR count). The van der Waals surface area contributed by atoms with Crippen molar-refractivity contribution in [3.05, 3.63) is 89.1 Å². The Morgan fingerprint density at radius 3 is 2.47 bits per heavy atom. The van der Waals surface area contributed by atoms with Gasteiger partial charge in [0.15, 0.2) is 0 Å². The number of nitrogen functional groups attached to an aromatic ring is 1. The minimum absolute atomic E-state index is 0.00982. The molecule has 1 aromatic heterocycles. The standard InChI is InChI=1S/C29H27ClF3N5O6S/c1-3-43-24-15-19(7-10-23(24)30)28(44-27(40)29(31,32)33,37-20-8-9-22-18(14-20)11-12-35-25(22)34)26(39)36-16-17-5-4-6-21(13-17)38-45(2,41)42/h4-15,37-38H,3,16H2,1-2H3,(H2,34,35)(H,36,39). The van der Waals surface area contributed by atoms with Crippen molar-refractivity contribution in [3.8, 4) is 5.75 Å². The smallest absolute Gasteiger partial charge is 0.491 e. The van der Waals surface area contributed by atoms with Gasteiger partial charge in [-0.15, -0.1) is 0 Å². The number of nitrogens with zero attached hydrogens (tertiary/aromatic N) is 1. The zero-order valence-corrected chi connectivity index (χ0v) is 25.3. The second-order valence-corrected chi connectivity index (χ2v) is 11.8. The lowest BCUT2D eigenvalue weighted by Gasteiger charge is -2.34. The first-order chi connectivity index (χ1) is 21.1. The fraction of sp³-hybridized carbons (Fsp3) is 0.207. The van der Waals surface area contributed by atoms with Crippen LogP contribution in [0.5, 0.6) is 5.75 Å². The quantitative estimate of drug-likeness (QED) is 0.129. The third-order valence-electron chi connectivity index (χ3n) is 6.23. The highest BCUT2D eigenvalue weighted by atomic mass is 35.5. The Balaban J connectivity index is 1.84. The van der Waals surface area contributed by atoms with Gasteiger partial charge in [-0.05, 0) is 66.4 Å². The molecule has 5 N–H and O–H groups in total. The molecule has 0 aliphatic rings. The molecule has 0 radical (unpaired) electrons. The molecule has 1 unspecified atom stereocenters. The van der Waals surface area contributed by atoms with Crippen LogP contribution < -0.4 is 25.8 Å². The zero-order chi connectivity index (χ0) is 33.0. The normalized spacial score (nSPS) is 13.0. The first-order valence-corrected chi connectivity index (χ1v) is 15.4. The molecule has 1 atom stereocenters. The second kappa shape index (κ2) is 13.1. The van der Waals surface area contributed by atoms with Gasteiger partial charge in [0, 0.05) is 35.1 Å². The van der Waals surface area contributed by atoms with E-state index in [1.165, 1.54) is 60.8 Å². The number of hydrogen-bond donors (Lipinski definition) is 4. The van der Waals surface area contributed by atoms with E-state index in [4.69, 9.17) is 26.8 Å². The molecule has 3 aromatic carbocycles. The second-order valence-electron chi connectivity index (χ2n) is 9.66. The van der Waals surface area contributed by atoms with Gasteiger partial charge in [0.05, 0.1) is 17.9 Å². The van der Waals surface area contributed by atoms with Crippen LogP contribution in [0.25, 0.3) is 10.8 Å². The van der Waals surface area contributed by atoms with E-state index < -0.39 is 33.8 Å². The summed E-state index contributed by atoms with van der Waals surface area (Å²) < 4.78 is 77.2. The Morgan fingerprint density at radius 1 is 1.02 bits per heavy atom. The number of nitrogens with one attached hydrogen (secondary N) is 3. The number of nitrogens with two attached hydrogens (primary N) is 1. The molecule has 11 nitrogen and oxygen atoms in total. The number of sulfonamides is 1. The highest BCUT2D eigenvalue weighted by molar-refractivity contribution is 7.92. The molecule has 0 aliphatic carbocycles. The van der Waals surface area contributed by atoms with Crippen LogP contribution in [0.15, 0.2) is 72.9 Å². The van der Waals surface area contributed by atoms with E-state index in [2.05, 4.69) is 20.3 Å². The monoisotopic (exact) mass is 665 g/mol. The van der Waals surface area contributed by atoms with Gasteiger partial charge in [-0.25, -0.2) is 18.2 Å². The number of alkyl halides is 3. The van der Waals surface area contributed by atoms with Crippen molar-refractivity contribution in [2.24, 2.45) is 0 Å². The van der Waals surface area contributed by atoms with Gasteiger partial charge >= 0.3 is 12.1 Å². The molecule has 1 heterocycles. The third kappa shape index (κ3) is 8.05. The number of esters is 1. The lowest BCUT2D eigenvalue weighted by atomic mass is 9.99. The summed E-state index contributed by atoms with van der Waals surface area (Å²) in [6.45, 7) is 1.46. The van der Waals surface area contributed by atoms with Crippen molar-refractivity contribution in [2.45, 2.75) is 25.4 Å². The number of hydrogen-bond acceptors (Lipinski definition) is 9. The van der Waals surface area contributed by atoms with Gasteiger partial charge in [-0.2, -0.15) is 13.2 Å². The molecule has 0 saturated heterocycles. The maximum absolute atomic E-state index is 14.1. The molecule has 0 fully saturated rings. The van der Waals surface area contributed by atoms with E-state index in [0.29, 0.717) is 16.3 Å². The number of halogens is 4. The van der Waals surface area contributed by atoms with Gasteiger partial charge in [-0.1, -0.05) is 29.8 Å². The van der Waals surface area contributed by atoms with Gasteiger partial charge in [-0.3, -0.25) is 9.52 Å².